The van der Waals surface area contributed by atoms with Crippen molar-refractivity contribution in [3.8, 4) is 5.75 Å². The summed E-state index contributed by atoms with van der Waals surface area (Å²) in [5.41, 5.74) is 1.02. The first kappa shape index (κ1) is 7.76. The van der Waals surface area contributed by atoms with Gasteiger partial charge in [0, 0.05) is 6.42 Å². The summed E-state index contributed by atoms with van der Waals surface area (Å²) < 4.78 is 24.7. The maximum Gasteiger partial charge on any atom is 0.186 e. The largest absolute Gasteiger partial charge is 0.493 e. The van der Waals surface area contributed by atoms with E-state index in [4.69, 9.17) is 9.29 Å². The first-order valence-corrected chi connectivity index (χ1v) is 4.74. The standard InChI is InChI=1S/C8H8O3S/c9-12(10)7-1-2-8-6(5-7)3-4-11-8/h1-2,5H,3-4H2,(H,9,10). The van der Waals surface area contributed by atoms with E-state index in [2.05, 4.69) is 0 Å². The minimum atomic E-state index is -1.88. The minimum absolute atomic E-state index is 0.444. The van der Waals surface area contributed by atoms with Crippen LogP contribution in [0.25, 0.3) is 0 Å². The molecule has 1 atom stereocenters. The molecule has 0 bridgehead atoms. The molecule has 1 aromatic rings. The van der Waals surface area contributed by atoms with Gasteiger partial charge in [0.1, 0.15) is 5.75 Å². The molecule has 4 heteroatoms. The quantitative estimate of drug-likeness (QED) is 0.667. The lowest BCUT2D eigenvalue weighted by atomic mass is 10.2. The highest BCUT2D eigenvalue weighted by Gasteiger charge is 2.13. The zero-order chi connectivity index (χ0) is 8.55. The van der Waals surface area contributed by atoms with Gasteiger partial charge in [-0.3, -0.25) is 0 Å². The fourth-order valence-electron chi connectivity index (χ4n) is 1.27. The van der Waals surface area contributed by atoms with Crippen molar-refractivity contribution in [2.24, 2.45) is 0 Å². The summed E-state index contributed by atoms with van der Waals surface area (Å²) in [7, 11) is 0. The molecule has 0 amide bonds. The average molecular weight is 184 g/mol. The van der Waals surface area contributed by atoms with Crippen molar-refractivity contribution < 1.29 is 13.5 Å². The van der Waals surface area contributed by atoms with E-state index in [1.54, 1.807) is 18.2 Å². The lowest BCUT2D eigenvalue weighted by Crippen LogP contribution is -1.88. The van der Waals surface area contributed by atoms with Gasteiger partial charge in [0.05, 0.1) is 11.5 Å². The van der Waals surface area contributed by atoms with Gasteiger partial charge in [0.15, 0.2) is 11.1 Å². The molecule has 0 fully saturated rings. The molecule has 1 aliphatic heterocycles. The van der Waals surface area contributed by atoms with Crippen molar-refractivity contribution in [1.29, 1.82) is 0 Å². The first-order valence-electron chi connectivity index (χ1n) is 3.64. The average Bonchev–Trinajstić information content (AvgIpc) is 2.49. The molecule has 1 heterocycles. The molecule has 0 aliphatic carbocycles. The predicted molar refractivity (Wildman–Crippen MR) is 44.7 cm³/mol. The third-order valence-corrected chi connectivity index (χ3v) is 2.52. The van der Waals surface area contributed by atoms with E-state index in [9.17, 15) is 4.21 Å². The first-order chi connectivity index (χ1) is 5.77. The fourth-order valence-corrected chi connectivity index (χ4v) is 1.70. The molecule has 1 aliphatic rings. The Bertz CT molecular complexity index is 335. The fraction of sp³-hybridized carbons (Fsp3) is 0.250. The van der Waals surface area contributed by atoms with E-state index < -0.39 is 11.1 Å². The van der Waals surface area contributed by atoms with Gasteiger partial charge >= 0.3 is 0 Å². The van der Waals surface area contributed by atoms with Crippen LogP contribution in [0.4, 0.5) is 0 Å². The van der Waals surface area contributed by atoms with Crippen molar-refractivity contribution in [1.82, 2.24) is 0 Å². The number of hydrogen-bond donors (Lipinski definition) is 1. The lowest BCUT2D eigenvalue weighted by Gasteiger charge is -1.99. The highest BCUT2D eigenvalue weighted by molar-refractivity contribution is 7.79. The van der Waals surface area contributed by atoms with E-state index >= 15 is 0 Å². The summed E-state index contributed by atoms with van der Waals surface area (Å²) in [6.45, 7) is 0.677. The van der Waals surface area contributed by atoms with Crippen molar-refractivity contribution >= 4 is 11.1 Å². The van der Waals surface area contributed by atoms with Gasteiger partial charge in [0.25, 0.3) is 0 Å². The second kappa shape index (κ2) is 2.88. The molecular formula is C8H8O3S. The van der Waals surface area contributed by atoms with Crippen molar-refractivity contribution in [3.05, 3.63) is 23.8 Å². The summed E-state index contributed by atoms with van der Waals surface area (Å²) in [5.74, 6) is 0.837. The second-order valence-electron chi connectivity index (χ2n) is 2.62. The third kappa shape index (κ3) is 1.23. The number of fused-ring (bicyclic) bond motifs is 1. The van der Waals surface area contributed by atoms with Crippen molar-refractivity contribution in [2.75, 3.05) is 6.61 Å². The van der Waals surface area contributed by atoms with Gasteiger partial charge in [-0.1, -0.05) is 0 Å². The number of benzene rings is 1. The minimum Gasteiger partial charge on any atom is -0.493 e. The molecule has 1 unspecified atom stereocenters. The molecule has 12 heavy (non-hydrogen) atoms. The van der Waals surface area contributed by atoms with Gasteiger partial charge < -0.3 is 9.29 Å². The zero-order valence-corrected chi connectivity index (χ0v) is 7.13. The van der Waals surface area contributed by atoms with E-state index in [0.29, 0.717) is 11.5 Å². The van der Waals surface area contributed by atoms with E-state index in [0.717, 1.165) is 17.7 Å². The van der Waals surface area contributed by atoms with Crippen LogP contribution in [0.5, 0.6) is 5.75 Å². The highest BCUT2D eigenvalue weighted by atomic mass is 32.2. The van der Waals surface area contributed by atoms with Gasteiger partial charge in [0.2, 0.25) is 0 Å². The monoisotopic (exact) mass is 184 g/mol. The summed E-state index contributed by atoms with van der Waals surface area (Å²) >= 11 is -1.88. The second-order valence-corrected chi connectivity index (χ2v) is 3.59. The third-order valence-electron chi connectivity index (χ3n) is 1.86. The molecule has 3 nitrogen and oxygen atoms in total. The number of ether oxygens (including phenoxy) is 1. The maximum atomic E-state index is 10.7. The van der Waals surface area contributed by atoms with Crippen LogP contribution >= 0.6 is 0 Å². The summed E-state index contributed by atoms with van der Waals surface area (Å²) in [5, 5.41) is 0. The van der Waals surface area contributed by atoms with Crippen molar-refractivity contribution in [3.63, 3.8) is 0 Å². The Labute approximate surface area is 72.6 Å². The van der Waals surface area contributed by atoms with Crippen LogP contribution in [0.1, 0.15) is 5.56 Å². The van der Waals surface area contributed by atoms with Gasteiger partial charge in [-0.15, -0.1) is 0 Å². The number of rotatable bonds is 1. The van der Waals surface area contributed by atoms with Crippen LogP contribution in [0.15, 0.2) is 23.1 Å². The Morgan fingerprint density at radius 1 is 1.50 bits per heavy atom. The molecule has 0 saturated heterocycles. The smallest absolute Gasteiger partial charge is 0.186 e. The topological polar surface area (TPSA) is 46.5 Å². The highest BCUT2D eigenvalue weighted by Crippen LogP contribution is 2.26. The SMILES string of the molecule is O=S(O)c1ccc2c(c1)CCO2. The molecule has 1 aromatic carbocycles. The Hall–Kier alpha value is -0.870. The van der Waals surface area contributed by atoms with Crippen LogP contribution in [0.3, 0.4) is 0 Å². The Morgan fingerprint density at radius 3 is 3.08 bits per heavy atom. The molecule has 0 spiro atoms. The molecule has 1 N–H and O–H groups in total. The summed E-state index contributed by atoms with van der Waals surface area (Å²) in [6, 6.07) is 5.07. The van der Waals surface area contributed by atoms with Crippen LogP contribution in [0, 0.1) is 0 Å². The van der Waals surface area contributed by atoms with Crippen molar-refractivity contribution in [2.45, 2.75) is 11.3 Å². The molecule has 0 radical (unpaired) electrons. The zero-order valence-electron chi connectivity index (χ0n) is 6.32. The Morgan fingerprint density at radius 2 is 2.33 bits per heavy atom. The lowest BCUT2D eigenvalue weighted by molar-refractivity contribution is 0.356. The van der Waals surface area contributed by atoms with Crippen LogP contribution < -0.4 is 4.74 Å². The molecular weight excluding hydrogens is 176 g/mol. The van der Waals surface area contributed by atoms with Crippen LogP contribution in [-0.4, -0.2) is 15.4 Å². The van der Waals surface area contributed by atoms with Gasteiger partial charge in [-0.2, -0.15) is 0 Å². The molecule has 0 aromatic heterocycles. The maximum absolute atomic E-state index is 10.7. The summed E-state index contributed by atoms with van der Waals surface area (Å²) in [6.07, 6.45) is 0.834. The number of hydrogen-bond acceptors (Lipinski definition) is 2. The van der Waals surface area contributed by atoms with E-state index in [-0.39, 0.29) is 0 Å². The van der Waals surface area contributed by atoms with Gasteiger partial charge in [-0.25, -0.2) is 4.21 Å². The summed E-state index contributed by atoms with van der Waals surface area (Å²) in [4.78, 5) is 0.444. The predicted octanol–water partition coefficient (Wildman–Crippen LogP) is 1.20. The van der Waals surface area contributed by atoms with E-state index in [1.807, 2.05) is 0 Å². The molecule has 2 rings (SSSR count). The molecule has 64 valence electrons. The molecule has 0 saturated carbocycles. The van der Waals surface area contributed by atoms with Crippen LogP contribution in [0.2, 0.25) is 0 Å². The van der Waals surface area contributed by atoms with Gasteiger partial charge in [-0.05, 0) is 23.8 Å². The van der Waals surface area contributed by atoms with E-state index in [1.165, 1.54) is 0 Å². The Balaban J connectivity index is 2.45. The normalized spacial score (nSPS) is 16.8. The van der Waals surface area contributed by atoms with Crippen LogP contribution in [-0.2, 0) is 17.5 Å². The Kier molecular flexibility index (Phi) is 1.86.